The molecule has 0 aliphatic rings. The molecule has 2 aromatic rings. The average molecular weight is 356 g/mol. The first-order valence-electron chi connectivity index (χ1n) is 5.68. The van der Waals surface area contributed by atoms with Gasteiger partial charge in [0.1, 0.15) is 5.16 Å². The molecule has 0 aromatic heterocycles. The fourth-order valence-corrected chi connectivity index (χ4v) is 2.14. The van der Waals surface area contributed by atoms with Crippen LogP contribution >= 0.6 is 39.7 Å². The van der Waals surface area contributed by atoms with Crippen molar-refractivity contribution in [3.8, 4) is 0 Å². The van der Waals surface area contributed by atoms with Gasteiger partial charge in [-0.2, -0.15) is 0 Å². The first kappa shape index (κ1) is 14.3. The summed E-state index contributed by atoms with van der Waals surface area (Å²) in [5.41, 5.74) is 1.00. The highest BCUT2D eigenvalue weighted by Gasteiger charge is 2.02. The fraction of sp³-hybridized carbons (Fsp3) is 0.0714. The first-order valence-corrected chi connectivity index (χ1v) is 7.38. The van der Waals surface area contributed by atoms with Crippen LogP contribution in [0.1, 0.15) is 0 Å². The molecule has 0 saturated carbocycles. The number of hydrogen-bond donors (Lipinski definition) is 2. The van der Waals surface area contributed by atoms with E-state index in [1.165, 1.54) is 5.39 Å². The predicted octanol–water partition coefficient (Wildman–Crippen LogP) is 4.60. The van der Waals surface area contributed by atoms with Crippen molar-refractivity contribution in [3.63, 3.8) is 0 Å². The van der Waals surface area contributed by atoms with Crippen LogP contribution in [0.3, 0.4) is 0 Å². The van der Waals surface area contributed by atoms with E-state index < -0.39 is 0 Å². The Morgan fingerprint density at radius 1 is 1.21 bits per heavy atom. The third-order valence-corrected chi connectivity index (χ3v) is 3.79. The van der Waals surface area contributed by atoms with Crippen LogP contribution in [0.2, 0.25) is 0 Å². The van der Waals surface area contributed by atoms with Crippen molar-refractivity contribution in [1.82, 2.24) is 5.32 Å². The zero-order chi connectivity index (χ0) is 13.7. The molecule has 0 saturated heterocycles. The molecule has 2 nitrogen and oxygen atoms in total. The molecule has 19 heavy (non-hydrogen) atoms. The summed E-state index contributed by atoms with van der Waals surface area (Å²) in [4.78, 5) is 2.29. The molecule has 0 atom stereocenters. The van der Waals surface area contributed by atoms with Gasteiger partial charge < -0.3 is 10.6 Å². The summed E-state index contributed by atoms with van der Waals surface area (Å²) in [7, 11) is 0. The molecular formula is C14H12BrClN2S. The maximum Gasteiger partial charge on any atom is 0.109 e. The van der Waals surface area contributed by atoms with Gasteiger partial charge in [0.25, 0.3) is 0 Å². The predicted molar refractivity (Wildman–Crippen MR) is 91.0 cm³/mol. The molecule has 0 radical (unpaired) electrons. The summed E-state index contributed by atoms with van der Waals surface area (Å²) in [5, 5.41) is 9.05. The van der Waals surface area contributed by atoms with E-state index in [1.807, 2.05) is 24.3 Å². The van der Waals surface area contributed by atoms with E-state index >= 15 is 0 Å². The van der Waals surface area contributed by atoms with Gasteiger partial charge in [-0.25, -0.2) is 0 Å². The van der Waals surface area contributed by atoms with Crippen LogP contribution in [0.4, 0.5) is 5.69 Å². The molecule has 2 N–H and O–H groups in total. The molecule has 0 amide bonds. The minimum atomic E-state index is 0.486. The van der Waals surface area contributed by atoms with Gasteiger partial charge in [-0.05, 0) is 11.5 Å². The van der Waals surface area contributed by atoms with Gasteiger partial charge in [0.15, 0.2) is 0 Å². The fourth-order valence-electron chi connectivity index (χ4n) is 1.73. The first-order chi connectivity index (χ1) is 9.20. The van der Waals surface area contributed by atoms with Gasteiger partial charge in [0.05, 0.1) is 11.5 Å². The lowest BCUT2D eigenvalue weighted by Crippen LogP contribution is -2.24. The number of hydrogen-bond acceptors (Lipinski definition) is 2. The van der Waals surface area contributed by atoms with Crippen molar-refractivity contribution >= 4 is 61.2 Å². The van der Waals surface area contributed by atoms with Gasteiger partial charge in [-0.15, -0.1) is 0 Å². The normalized spacial score (nSPS) is 11.4. The van der Waals surface area contributed by atoms with E-state index in [0.29, 0.717) is 16.7 Å². The van der Waals surface area contributed by atoms with Crippen LogP contribution < -0.4 is 10.6 Å². The van der Waals surface area contributed by atoms with Crippen LogP contribution in [-0.2, 0) is 0 Å². The quantitative estimate of drug-likeness (QED) is 0.619. The molecule has 0 fully saturated rings. The summed E-state index contributed by atoms with van der Waals surface area (Å²) >= 11 is 14.3. The number of anilines is 1. The lowest BCUT2D eigenvalue weighted by molar-refractivity contribution is 1.00. The maximum atomic E-state index is 5.82. The Bertz CT molecular complexity index is 622. The molecule has 0 aliphatic heterocycles. The van der Waals surface area contributed by atoms with E-state index in [0.717, 1.165) is 11.1 Å². The number of rotatable bonds is 4. The number of nitrogens with one attached hydrogen (secondary N) is 2. The van der Waals surface area contributed by atoms with Gasteiger partial charge in [-0.1, -0.05) is 76.1 Å². The minimum Gasteiger partial charge on any atom is -0.369 e. The number of halogens is 2. The van der Waals surface area contributed by atoms with Crippen molar-refractivity contribution < 1.29 is 0 Å². The van der Waals surface area contributed by atoms with E-state index in [9.17, 15) is 0 Å². The Labute approximate surface area is 131 Å². The number of thiocarbonyl (C=S) groups is 1. The lowest BCUT2D eigenvalue weighted by Gasteiger charge is -2.11. The summed E-state index contributed by atoms with van der Waals surface area (Å²) in [6, 6.07) is 14.3. The largest absolute Gasteiger partial charge is 0.369 e. The SMILES string of the molecule is S=C(CN/C(Cl)=C/Br)Nc1cccc2ccccc12. The third kappa shape index (κ3) is 3.93. The molecule has 2 rings (SSSR count). The molecular weight excluding hydrogens is 344 g/mol. The van der Waals surface area contributed by atoms with Crippen LogP contribution in [0.15, 0.2) is 52.6 Å². The van der Waals surface area contributed by atoms with Gasteiger partial charge >= 0.3 is 0 Å². The average Bonchev–Trinajstić information content (AvgIpc) is 2.45. The zero-order valence-electron chi connectivity index (χ0n) is 9.99. The summed E-state index contributed by atoms with van der Waals surface area (Å²) in [5.74, 6) is 0. The monoisotopic (exact) mass is 354 g/mol. The Balaban J connectivity index is 2.11. The Morgan fingerprint density at radius 2 is 1.95 bits per heavy atom. The second-order valence-electron chi connectivity index (χ2n) is 3.89. The second-order valence-corrected chi connectivity index (χ2v) is 5.24. The standard InChI is InChI=1S/C14H12BrClN2S/c15-8-13(16)17-9-14(19)18-12-7-3-5-10-4-1-2-6-11(10)12/h1-8,17H,9H2,(H,18,19)/b13-8+. The van der Waals surface area contributed by atoms with Crippen LogP contribution in [0.5, 0.6) is 0 Å². The molecule has 98 valence electrons. The Kier molecular flexibility index (Phi) is 5.19. The summed E-state index contributed by atoms with van der Waals surface area (Å²) in [6.45, 7) is 0.486. The minimum absolute atomic E-state index is 0.486. The van der Waals surface area contributed by atoms with Gasteiger partial charge in [-0.3, -0.25) is 0 Å². The molecule has 0 spiro atoms. The summed E-state index contributed by atoms with van der Waals surface area (Å²) in [6.07, 6.45) is 0. The summed E-state index contributed by atoms with van der Waals surface area (Å²) < 4.78 is 0. The van der Waals surface area contributed by atoms with Crippen molar-refractivity contribution in [1.29, 1.82) is 0 Å². The van der Waals surface area contributed by atoms with E-state index in [4.69, 9.17) is 23.8 Å². The van der Waals surface area contributed by atoms with Crippen molar-refractivity contribution in [3.05, 3.63) is 52.6 Å². The molecule has 0 aliphatic carbocycles. The van der Waals surface area contributed by atoms with Crippen molar-refractivity contribution in [2.75, 3.05) is 11.9 Å². The molecule has 2 aromatic carbocycles. The van der Waals surface area contributed by atoms with E-state index in [1.54, 1.807) is 4.99 Å². The smallest absolute Gasteiger partial charge is 0.109 e. The Morgan fingerprint density at radius 3 is 2.74 bits per heavy atom. The van der Waals surface area contributed by atoms with E-state index in [2.05, 4.69) is 44.8 Å². The van der Waals surface area contributed by atoms with Crippen LogP contribution in [0.25, 0.3) is 10.8 Å². The van der Waals surface area contributed by atoms with Crippen LogP contribution in [0, 0.1) is 0 Å². The Hall–Kier alpha value is -1.10. The highest BCUT2D eigenvalue weighted by atomic mass is 79.9. The highest BCUT2D eigenvalue weighted by molar-refractivity contribution is 9.11. The maximum absolute atomic E-state index is 5.82. The zero-order valence-corrected chi connectivity index (χ0v) is 13.1. The molecule has 5 heteroatoms. The van der Waals surface area contributed by atoms with E-state index in [-0.39, 0.29) is 0 Å². The van der Waals surface area contributed by atoms with Gasteiger partial charge in [0, 0.05) is 16.1 Å². The molecule has 0 bridgehead atoms. The molecule has 0 heterocycles. The van der Waals surface area contributed by atoms with Gasteiger partial charge in [0.2, 0.25) is 0 Å². The van der Waals surface area contributed by atoms with Crippen LogP contribution in [-0.4, -0.2) is 11.5 Å². The second kappa shape index (κ2) is 6.89. The van der Waals surface area contributed by atoms with Crippen molar-refractivity contribution in [2.24, 2.45) is 0 Å². The number of fused-ring (bicyclic) bond motifs is 1. The number of benzene rings is 2. The lowest BCUT2D eigenvalue weighted by atomic mass is 10.1. The van der Waals surface area contributed by atoms with Crippen molar-refractivity contribution in [2.45, 2.75) is 0 Å². The third-order valence-electron chi connectivity index (χ3n) is 2.58. The molecule has 0 unspecified atom stereocenters. The highest BCUT2D eigenvalue weighted by Crippen LogP contribution is 2.22. The topological polar surface area (TPSA) is 24.1 Å².